The molecule has 0 bridgehead atoms. The highest BCUT2D eigenvalue weighted by Crippen LogP contribution is 2.17. The molecule has 1 amide bonds. The van der Waals surface area contributed by atoms with Gasteiger partial charge in [-0.15, -0.1) is 0 Å². The van der Waals surface area contributed by atoms with E-state index >= 15 is 0 Å². The van der Waals surface area contributed by atoms with Crippen LogP contribution in [0.4, 0.5) is 8.78 Å². The van der Waals surface area contributed by atoms with E-state index in [4.69, 9.17) is 5.73 Å². The molecule has 0 aliphatic heterocycles. The van der Waals surface area contributed by atoms with Gasteiger partial charge in [-0.2, -0.15) is 0 Å². The van der Waals surface area contributed by atoms with Crippen LogP contribution in [0.25, 0.3) is 0 Å². The molecule has 2 aromatic rings. The van der Waals surface area contributed by atoms with Crippen molar-refractivity contribution in [2.75, 3.05) is 6.54 Å². The smallest absolute Gasteiger partial charge is 0.224 e. The van der Waals surface area contributed by atoms with Crippen LogP contribution in [0.15, 0.2) is 42.5 Å². The van der Waals surface area contributed by atoms with Crippen molar-refractivity contribution in [2.24, 2.45) is 5.73 Å². The molecule has 0 saturated heterocycles. The quantitative estimate of drug-likeness (QED) is 0.851. The first-order valence-electron chi connectivity index (χ1n) is 7.93. The summed E-state index contributed by atoms with van der Waals surface area (Å²) in [6, 6.07) is 11.1. The molecule has 0 radical (unpaired) electrons. The van der Waals surface area contributed by atoms with E-state index in [9.17, 15) is 13.6 Å². The molecule has 1 unspecified atom stereocenters. The highest BCUT2D eigenvalue weighted by Gasteiger charge is 2.11. The molecule has 0 aliphatic carbocycles. The predicted molar refractivity (Wildman–Crippen MR) is 90.5 cm³/mol. The zero-order chi connectivity index (χ0) is 17.7. The van der Waals surface area contributed by atoms with Crippen molar-refractivity contribution in [2.45, 2.75) is 32.2 Å². The van der Waals surface area contributed by atoms with Crippen LogP contribution < -0.4 is 11.1 Å². The van der Waals surface area contributed by atoms with Crippen LogP contribution in [-0.2, 0) is 11.2 Å². The summed E-state index contributed by atoms with van der Waals surface area (Å²) in [5.74, 6) is -1.71. The largest absolute Gasteiger partial charge is 0.354 e. The van der Waals surface area contributed by atoms with Gasteiger partial charge >= 0.3 is 0 Å². The number of halogens is 2. The van der Waals surface area contributed by atoms with Crippen molar-refractivity contribution in [3.8, 4) is 0 Å². The Morgan fingerprint density at radius 3 is 2.25 bits per heavy atom. The van der Waals surface area contributed by atoms with Gasteiger partial charge in [0, 0.05) is 12.6 Å². The summed E-state index contributed by atoms with van der Waals surface area (Å²) in [5, 5.41) is 2.72. The lowest BCUT2D eigenvalue weighted by molar-refractivity contribution is -0.120. The molecule has 2 aromatic carbocycles. The number of benzene rings is 2. The first kappa shape index (κ1) is 18.1. The van der Waals surface area contributed by atoms with E-state index in [2.05, 4.69) is 19.2 Å². The Kier molecular flexibility index (Phi) is 6.04. The third-order valence-electron chi connectivity index (χ3n) is 3.90. The van der Waals surface area contributed by atoms with Gasteiger partial charge in [0.05, 0.1) is 6.42 Å². The lowest BCUT2D eigenvalue weighted by atomic mass is 9.99. The number of carbonyl (C=O) groups is 1. The molecule has 1 atom stereocenters. The van der Waals surface area contributed by atoms with Crippen molar-refractivity contribution in [3.05, 3.63) is 70.8 Å². The second-order valence-corrected chi connectivity index (χ2v) is 6.16. The van der Waals surface area contributed by atoms with Gasteiger partial charge in [0.1, 0.15) is 0 Å². The Morgan fingerprint density at radius 2 is 1.67 bits per heavy atom. The first-order valence-corrected chi connectivity index (χ1v) is 7.93. The van der Waals surface area contributed by atoms with E-state index < -0.39 is 11.6 Å². The maximum absolute atomic E-state index is 13.1. The van der Waals surface area contributed by atoms with Crippen molar-refractivity contribution in [1.29, 1.82) is 0 Å². The standard InChI is InChI=1S/C19H22F2N2O/c1-12(2)14-4-6-15(7-5-14)18(22)11-23-19(24)10-13-3-8-16(20)17(21)9-13/h3-9,12,18H,10-11,22H2,1-2H3,(H,23,24). The lowest BCUT2D eigenvalue weighted by Gasteiger charge is -2.14. The maximum Gasteiger partial charge on any atom is 0.224 e. The van der Waals surface area contributed by atoms with Gasteiger partial charge < -0.3 is 11.1 Å². The minimum atomic E-state index is -0.956. The number of rotatable bonds is 6. The third-order valence-corrected chi connectivity index (χ3v) is 3.90. The molecule has 3 nitrogen and oxygen atoms in total. The molecule has 0 aliphatic rings. The normalized spacial score (nSPS) is 12.2. The summed E-state index contributed by atoms with van der Waals surface area (Å²) >= 11 is 0. The average Bonchev–Trinajstić information content (AvgIpc) is 2.56. The van der Waals surface area contributed by atoms with Crippen molar-refractivity contribution >= 4 is 5.91 Å². The average molecular weight is 332 g/mol. The molecule has 3 N–H and O–H groups in total. The number of carbonyl (C=O) groups excluding carboxylic acids is 1. The summed E-state index contributed by atoms with van der Waals surface area (Å²) in [5.41, 5.74) is 8.67. The molecule has 128 valence electrons. The van der Waals surface area contributed by atoms with Crippen molar-refractivity contribution < 1.29 is 13.6 Å². The monoisotopic (exact) mass is 332 g/mol. The number of amides is 1. The van der Waals surface area contributed by atoms with Crippen LogP contribution in [0.3, 0.4) is 0 Å². The van der Waals surface area contributed by atoms with E-state index in [0.29, 0.717) is 11.5 Å². The molecule has 0 heterocycles. The number of nitrogens with two attached hydrogens (primary N) is 1. The van der Waals surface area contributed by atoms with Crippen LogP contribution in [0.1, 0.15) is 42.5 Å². The van der Waals surface area contributed by atoms with Crippen LogP contribution in [0.5, 0.6) is 0 Å². The molecular weight excluding hydrogens is 310 g/mol. The second-order valence-electron chi connectivity index (χ2n) is 6.16. The molecule has 0 aromatic heterocycles. The van der Waals surface area contributed by atoms with Crippen LogP contribution in [-0.4, -0.2) is 12.5 Å². The summed E-state index contributed by atoms with van der Waals surface area (Å²) in [4.78, 5) is 11.9. The Labute approximate surface area is 140 Å². The van der Waals surface area contributed by atoms with Gasteiger partial charge in [0.2, 0.25) is 5.91 Å². The van der Waals surface area contributed by atoms with Gasteiger partial charge in [-0.25, -0.2) is 8.78 Å². The Balaban J connectivity index is 1.87. The molecule has 5 heteroatoms. The van der Waals surface area contributed by atoms with Gasteiger partial charge in [-0.05, 0) is 34.7 Å². The molecule has 0 saturated carbocycles. The van der Waals surface area contributed by atoms with Gasteiger partial charge in [-0.1, -0.05) is 44.2 Å². The number of nitrogens with one attached hydrogen (secondary N) is 1. The van der Waals surface area contributed by atoms with Gasteiger partial charge in [0.25, 0.3) is 0 Å². The molecule has 0 spiro atoms. The van der Waals surface area contributed by atoms with Crippen molar-refractivity contribution in [3.63, 3.8) is 0 Å². The zero-order valence-corrected chi connectivity index (χ0v) is 13.9. The number of hydrogen-bond donors (Lipinski definition) is 2. The van der Waals surface area contributed by atoms with Crippen LogP contribution >= 0.6 is 0 Å². The summed E-state index contributed by atoms with van der Waals surface area (Å²) in [6.45, 7) is 4.52. The molecular formula is C19H22F2N2O. The fourth-order valence-electron chi connectivity index (χ4n) is 2.37. The van der Waals surface area contributed by atoms with E-state index in [1.54, 1.807) is 0 Å². The van der Waals surface area contributed by atoms with Crippen molar-refractivity contribution in [1.82, 2.24) is 5.32 Å². The van der Waals surface area contributed by atoms with E-state index in [1.807, 2.05) is 24.3 Å². The highest BCUT2D eigenvalue weighted by molar-refractivity contribution is 5.78. The maximum atomic E-state index is 13.1. The Hall–Kier alpha value is -2.27. The summed E-state index contributed by atoms with van der Waals surface area (Å²) < 4.78 is 26.0. The fraction of sp³-hybridized carbons (Fsp3) is 0.316. The third kappa shape index (κ3) is 4.86. The van der Waals surface area contributed by atoms with Gasteiger partial charge in [0.15, 0.2) is 11.6 Å². The minimum absolute atomic E-state index is 0.0177. The Bertz CT molecular complexity index is 699. The summed E-state index contributed by atoms with van der Waals surface area (Å²) in [6.07, 6.45) is -0.0177. The topological polar surface area (TPSA) is 55.1 Å². The predicted octanol–water partition coefficient (Wildman–Crippen LogP) is 3.45. The van der Waals surface area contributed by atoms with Gasteiger partial charge in [-0.3, -0.25) is 4.79 Å². The Morgan fingerprint density at radius 1 is 1.04 bits per heavy atom. The molecule has 24 heavy (non-hydrogen) atoms. The van der Waals surface area contributed by atoms with Crippen LogP contribution in [0, 0.1) is 11.6 Å². The van der Waals surface area contributed by atoms with E-state index in [-0.39, 0.29) is 24.9 Å². The SMILES string of the molecule is CC(C)c1ccc(C(N)CNC(=O)Cc2ccc(F)c(F)c2)cc1. The minimum Gasteiger partial charge on any atom is -0.354 e. The zero-order valence-electron chi connectivity index (χ0n) is 13.9. The number of hydrogen-bond acceptors (Lipinski definition) is 2. The second kappa shape index (κ2) is 8.02. The summed E-state index contributed by atoms with van der Waals surface area (Å²) in [7, 11) is 0. The lowest BCUT2D eigenvalue weighted by Crippen LogP contribution is -2.32. The molecule has 0 fully saturated rings. The van der Waals surface area contributed by atoms with E-state index in [0.717, 1.165) is 17.7 Å². The van der Waals surface area contributed by atoms with E-state index in [1.165, 1.54) is 11.6 Å². The first-order chi connectivity index (χ1) is 11.4. The molecule has 2 rings (SSSR count). The fourth-order valence-corrected chi connectivity index (χ4v) is 2.37. The van der Waals surface area contributed by atoms with Crippen LogP contribution in [0.2, 0.25) is 0 Å². The highest BCUT2D eigenvalue weighted by atomic mass is 19.2.